The van der Waals surface area contributed by atoms with Crippen LogP contribution in [0.15, 0.2) is 65.4 Å². The molecule has 8 heteroatoms. The van der Waals surface area contributed by atoms with E-state index in [2.05, 4.69) is 20.8 Å². The molecule has 31 heavy (non-hydrogen) atoms. The molecule has 1 aliphatic rings. The number of methoxy groups -OCH3 is 1. The summed E-state index contributed by atoms with van der Waals surface area (Å²) in [7, 11) is 1.65. The molecule has 158 valence electrons. The number of fused-ring (bicyclic) bond motifs is 4. The number of benzene rings is 2. The summed E-state index contributed by atoms with van der Waals surface area (Å²) in [4.78, 5) is 27.3. The van der Waals surface area contributed by atoms with Crippen LogP contribution in [0.5, 0.6) is 5.75 Å². The van der Waals surface area contributed by atoms with Gasteiger partial charge in [0.2, 0.25) is 0 Å². The standard InChI is InChI=1S/C23H18BrNO6/c1-28-7-6-25-11-18-20(29-12-25)5-3-15-16(10-21(26)31-22(15)18)17-9-13-8-14(24)2-4-19(13)30-23(17)27/h2-5,8-10H,6-7,11-12H2,1H3. The lowest BCUT2D eigenvalue weighted by Crippen LogP contribution is -2.34. The van der Waals surface area contributed by atoms with E-state index in [1.165, 1.54) is 6.07 Å². The van der Waals surface area contributed by atoms with E-state index < -0.39 is 11.3 Å². The molecule has 4 aromatic rings. The van der Waals surface area contributed by atoms with Gasteiger partial charge in [-0.05, 0) is 36.4 Å². The Labute approximate surface area is 184 Å². The van der Waals surface area contributed by atoms with Gasteiger partial charge in [-0.15, -0.1) is 0 Å². The molecule has 1 aliphatic heterocycles. The van der Waals surface area contributed by atoms with Gasteiger partial charge in [0, 0.05) is 47.1 Å². The minimum Gasteiger partial charge on any atom is -0.478 e. The number of hydrogen-bond donors (Lipinski definition) is 0. The Bertz CT molecular complexity index is 1420. The van der Waals surface area contributed by atoms with Crippen molar-refractivity contribution < 1.29 is 18.3 Å². The van der Waals surface area contributed by atoms with E-state index in [-0.39, 0.29) is 0 Å². The first kappa shape index (κ1) is 20.0. The van der Waals surface area contributed by atoms with Crippen LogP contribution in [-0.4, -0.2) is 31.9 Å². The van der Waals surface area contributed by atoms with Gasteiger partial charge < -0.3 is 18.3 Å². The molecule has 0 fully saturated rings. The fourth-order valence-electron chi connectivity index (χ4n) is 3.85. The lowest BCUT2D eigenvalue weighted by molar-refractivity contribution is 0.0658. The Morgan fingerprint density at radius 2 is 1.94 bits per heavy atom. The second-order valence-corrected chi connectivity index (χ2v) is 8.26. The molecule has 0 saturated heterocycles. The molecular formula is C23H18BrNO6. The minimum absolute atomic E-state index is 0.302. The summed E-state index contributed by atoms with van der Waals surface area (Å²) >= 11 is 3.44. The quantitative estimate of drug-likeness (QED) is 0.403. The highest BCUT2D eigenvalue weighted by Crippen LogP contribution is 2.36. The molecule has 0 bridgehead atoms. The number of rotatable bonds is 4. The summed E-state index contributed by atoms with van der Waals surface area (Å²) in [5.74, 6) is 0.663. The van der Waals surface area contributed by atoms with Crippen molar-refractivity contribution in [2.45, 2.75) is 6.54 Å². The third-order valence-corrected chi connectivity index (χ3v) is 5.85. The van der Waals surface area contributed by atoms with Crippen molar-refractivity contribution >= 4 is 37.9 Å². The maximum Gasteiger partial charge on any atom is 0.344 e. The molecular weight excluding hydrogens is 466 g/mol. The minimum atomic E-state index is -0.543. The molecule has 2 aromatic heterocycles. The molecule has 3 heterocycles. The van der Waals surface area contributed by atoms with Gasteiger partial charge >= 0.3 is 11.3 Å². The lowest BCUT2D eigenvalue weighted by atomic mass is 9.99. The molecule has 2 aromatic carbocycles. The van der Waals surface area contributed by atoms with Crippen LogP contribution in [0, 0.1) is 0 Å². The fourth-order valence-corrected chi connectivity index (χ4v) is 4.23. The van der Waals surface area contributed by atoms with E-state index in [1.54, 1.807) is 25.3 Å². The Kier molecular flexibility index (Phi) is 5.13. The van der Waals surface area contributed by atoms with Crippen molar-refractivity contribution in [2.75, 3.05) is 27.0 Å². The second-order valence-electron chi connectivity index (χ2n) is 7.35. The van der Waals surface area contributed by atoms with Gasteiger partial charge in [-0.1, -0.05) is 15.9 Å². The maximum atomic E-state index is 12.8. The van der Waals surface area contributed by atoms with Gasteiger partial charge in [0.25, 0.3) is 0 Å². The molecule has 0 radical (unpaired) electrons. The van der Waals surface area contributed by atoms with E-state index in [0.717, 1.165) is 15.4 Å². The molecule has 0 aliphatic carbocycles. The largest absolute Gasteiger partial charge is 0.478 e. The normalized spacial score (nSPS) is 14.0. The Hall–Kier alpha value is -2.94. The number of hydrogen-bond acceptors (Lipinski definition) is 7. The molecule has 0 atom stereocenters. The van der Waals surface area contributed by atoms with Gasteiger partial charge in [0.05, 0.1) is 17.7 Å². The first-order chi connectivity index (χ1) is 15.0. The zero-order valence-corrected chi connectivity index (χ0v) is 18.2. The molecule has 7 nitrogen and oxygen atoms in total. The predicted octanol–water partition coefficient (Wildman–Crippen LogP) is 4.13. The summed E-state index contributed by atoms with van der Waals surface area (Å²) in [5.41, 5.74) is 1.37. The van der Waals surface area contributed by atoms with Crippen LogP contribution in [0.25, 0.3) is 33.1 Å². The first-order valence-electron chi connectivity index (χ1n) is 9.71. The lowest BCUT2D eigenvalue weighted by Gasteiger charge is -2.29. The third kappa shape index (κ3) is 3.67. The number of halogens is 1. The number of ether oxygens (including phenoxy) is 2. The molecule has 0 saturated carbocycles. The van der Waals surface area contributed by atoms with Crippen LogP contribution >= 0.6 is 15.9 Å². The van der Waals surface area contributed by atoms with E-state index in [9.17, 15) is 9.59 Å². The van der Waals surface area contributed by atoms with Crippen LogP contribution in [-0.2, 0) is 11.3 Å². The van der Waals surface area contributed by atoms with Crippen LogP contribution in [0.3, 0.4) is 0 Å². The van der Waals surface area contributed by atoms with E-state index in [0.29, 0.717) is 59.9 Å². The average Bonchev–Trinajstić information content (AvgIpc) is 2.76. The summed E-state index contributed by atoms with van der Waals surface area (Å²) in [5, 5.41) is 1.40. The van der Waals surface area contributed by atoms with E-state index in [1.807, 2.05) is 18.2 Å². The van der Waals surface area contributed by atoms with Gasteiger partial charge in [0.1, 0.15) is 23.6 Å². The van der Waals surface area contributed by atoms with Crippen LogP contribution in [0.2, 0.25) is 0 Å². The number of nitrogens with zero attached hydrogens (tertiary/aromatic N) is 1. The zero-order chi connectivity index (χ0) is 21.5. The first-order valence-corrected chi connectivity index (χ1v) is 10.5. The topological polar surface area (TPSA) is 82.1 Å². The highest BCUT2D eigenvalue weighted by atomic mass is 79.9. The monoisotopic (exact) mass is 483 g/mol. The SMILES string of the molecule is COCCN1COc2ccc3c(-c4cc5cc(Br)ccc5oc4=O)cc(=O)oc3c2C1. The highest BCUT2D eigenvalue weighted by Gasteiger charge is 2.23. The van der Waals surface area contributed by atoms with Gasteiger partial charge in [-0.2, -0.15) is 0 Å². The van der Waals surface area contributed by atoms with Crippen LogP contribution in [0.1, 0.15) is 5.56 Å². The maximum absolute atomic E-state index is 12.8. The summed E-state index contributed by atoms with van der Waals surface area (Å²) in [6, 6.07) is 12.1. The summed E-state index contributed by atoms with van der Waals surface area (Å²) in [6.07, 6.45) is 0. The predicted molar refractivity (Wildman–Crippen MR) is 119 cm³/mol. The van der Waals surface area contributed by atoms with Crippen molar-refractivity contribution in [1.82, 2.24) is 4.90 Å². The summed E-state index contributed by atoms with van der Waals surface area (Å²) < 4.78 is 23.0. The zero-order valence-electron chi connectivity index (χ0n) is 16.6. The Balaban J connectivity index is 1.71. The van der Waals surface area contributed by atoms with Crippen LogP contribution in [0.4, 0.5) is 0 Å². The summed E-state index contributed by atoms with van der Waals surface area (Å²) in [6.45, 7) is 2.21. The van der Waals surface area contributed by atoms with Crippen molar-refractivity contribution in [3.63, 3.8) is 0 Å². The van der Waals surface area contributed by atoms with Crippen molar-refractivity contribution in [1.29, 1.82) is 0 Å². The van der Waals surface area contributed by atoms with Crippen molar-refractivity contribution in [3.8, 4) is 16.9 Å². The van der Waals surface area contributed by atoms with E-state index >= 15 is 0 Å². The molecule has 0 N–H and O–H groups in total. The van der Waals surface area contributed by atoms with E-state index in [4.69, 9.17) is 18.3 Å². The average molecular weight is 484 g/mol. The Morgan fingerprint density at radius 1 is 1.06 bits per heavy atom. The fraction of sp³-hybridized carbons (Fsp3) is 0.217. The van der Waals surface area contributed by atoms with Gasteiger partial charge in [0.15, 0.2) is 0 Å². The Morgan fingerprint density at radius 3 is 2.77 bits per heavy atom. The highest BCUT2D eigenvalue weighted by molar-refractivity contribution is 9.10. The van der Waals surface area contributed by atoms with Crippen LogP contribution < -0.4 is 16.0 Å². The molecule has 0 amide bonds. The second kappa shape index (κ2) is 7.96. The molecule has 0 unspecified atom stereocenters. The van der Waals surface area contributed by atoms with Crippen molar-refractivity contribution in [2.24, 2.45) is 0 Å². The molecule has 0 spiro atoms. The molecule has 5 rings (SSSR count). The smallest absolute Gasteiger partial charge is 0.344 e. The van der Waals surface area contributed by atoms with Gasteiger partial charge in [-0.25, -0.2) is 9.59 Å². The van der Waals surface area contributed by atoms with Crippen molar-refractivity contribution in [3.05, 3.63) is 73.3 Å². The van der Waals surface area contributed by atoms with Gasteiger partial charge in [-0.3, -0.25) is 4.90 Å². The third-order valence-electron chi connectivity index (χ3n) is 5.35.